The largest absolute Gasteiger partial charge is 0.497 e. The van der Waals surface area contributed by atoms with Gasteiger partial charge in [-0.3, -0.25) is 9.59 Å². The summed E-state index contributed by atoms with van der Waals surface area (Å²) in [4.78, 5) is 33.9. The molecule has 13 heteroatoms. The van der Waals surface area contributed by atoms with E-state index in [0.717, 1.165) is 11.6 Å². The number of carbonyl (C=O) groups excluding carboxylic acids is 2. The van der Waals surface area contributed by atoms with Crippen LogP contribution in [0.2, 0.25) is 0 Å². The maximum absolute atomic E-state index is 13.8. The summed E-state index contributed by atoms with van der Waals surface area (Å²) in [5, 5.41) is 6.08. The predicted molar refractivity (Wildman–Crippen MR) is 156 cm³/mol. The van der Waals surface area contributed by atoms with Crippen molar-refractivity contribution in [3.05, 3.63) is 53.6 Å². The van der Waals surface area contributed by atoms with E-state index in [1.54, 1.807) is 19.2 Å². The molecule has 0 aliphatic carbocycles. The van der Waals surface area contributed by atoms with Crippen molar-refractivity contribution in [3.8, 4) is 11.5 Å². The lowest BCUT2D eigenvalue weighted by Crippen LogP contribution is -2.56. The normalized spacial score (nSPS) is 17.4. The van der Waals surface area contributed by atoms with Crippen LogP contribution < -0.4 is 25.0 Å². The van der Waals surface area contributed by atoms with E-state index in [2.05, 4.69) is 29.0 Å². The zero-order chi connectivity index (χ0) is 30.8. The smallest absolute Gasteiger partial charge is 0.412 e. The summed E-state index contributed by atoms with van der Waals surface area (Å²) in [6.07, 6.45) is -4.09. The summed E-state index contributed by atoms with van der Waals surface area (Å²) in [6.45, 7) is 7.16. The second kappa shape index (κ2) is 12.6. The van der Waals surface area contributed by atoms with Crippen molar-refractivity contribution in [2.24, 2.45) is 0 Å². The van der Waals surface area contributed by atoms with Crippen LogP contribution in [0.15, 0.2) is 42.5 Å². The number of ether oxygens (including phenoxy) is 3. The lowest BCUT2D eigenvalue weighted by molar-refractivity contribution is -0.0942. The Balaban J connectivity index is 1.65. The molecule has 2 N–H and O–H groups in total. The second-order valence-corrected chi connectivity index (χ2v) is 11.1. The molecule has 0 saturated carbocycles. The molecule has 4 rings (SSSR count). The monoisotopic (exact) mass is 606 g/mol. The van der Waals surface area contributed by atoms with Gasteiger partial charge >= 0.3 is 6.18 Å². The molecule has 1 aromatic heterocycles. The van der Waals surface area contributed by atoms with Crippen LogP contribution in [0.1, 0.15) is 47.4 Å². The van der Waals surface area contributed by atoms with Crippen molar-refractivity contribution in [2.75, 3.05) is 38.2 Å². The third-order valence-corrected chi connectivity index (χ3v) is 8.17. The van der Waals surface area contributed by atoms with Gasteiger partial charge in [0.1, 0.15) is 17.1 Å². The van der Waals surface area contributed by atoms with Gasteiger partial charge in [0.2, 0.25) is 0 Å². The zero-order valence-corrected chi connectivity index (χ0v) is 24.7. The van der Waals surface area contributed by atoms with Gasteiger partial charge in [-0.05, 0) is 51.0 Å². The van der Waals surface area contributed by atoms with E-state index in [1.165, 1.54) is 50.7 Å². The number of amides is 2. The minimum atomic E-state index is -4.56. The third-order valence-electron chi connectivity index (χ3n) is 7.07. The van der Waals surface area contributed by atoms with Crippen LogP contribution in [-0.2, 0) is 4.74 Å². The molecule has 1 aliphatic rings. The number of nitrogens with one attached hydrogen (secondary N) is 2. The predicted octanol–water partition coefficient (Wildman–Crippen LogP) is 5.81. The standard InChI is InChI=1S/C29H33F3N4O5S/c1-15(29(30,31)32)11-16(2)33-26(37)20-8-7-19(40-5)13-22(20)34-27(38)24-23(41-6)10-9-21-25(24)42-28(35-21)36-17(3)12-18(36)14-39-4/h7-10,13,16-18H,1,11-12,14H2,2-6H3,(H,33,37)(H,34,38). The average Bonchev–Trinajstić information content (AvgIpc) is 3.33. The number of halogens is 3. The number of fused-ring (bicyclic) bond motifs is 1. The number of thiazole rings is 1. The molecule has 2 aromatic carbocycles. The van der Waals surface area contributed by atoms with Crippen LogP contribution in [0.5, 0.6) is 11.5 Å². The molecule has 2 amide bonds. The van der Waals surface area contributed by atoms with E-state index in [1.807, 2.05) is 0 Å². The molecule has 2 heterocycles. The van der Waals surface area contributed by atoms with Gasteiger partial charge < -0.3 is 29.7 Å². The number of nitrogens with zero attached hydrogens (tertiary/aromatic N) is 2. The highest BCUT2D eigenvalue weighted by molar-refractivity contribution is 7.22. The third kappa shape index (κ3) is 6.46. The first-order valence-electron chi connectivity index (χ1n) is 13.2. The maximum Gasteiger partial charge on any atom is 0.412 e. The van der Waals surface area contributed by atoms with E-state index in [0.29, 0.717) is 28.3 Å². The van der Waals surface area contributed by atoms with Crippen LogP contribution in [0.25, 0.3) is 10.2 Å². The van der Waals surface area contributed by atoms with Crippen molar-refractivity contribution in [3.63, 3.8) is 0 Å². The summed E-state index contributed by atoms with van der Waals surface area (Å²) < 4.78 is 55.6. The fourth-order valence-corrected chi connectivity index (χ4v) is 6.23. The number of rotatable bonds is 11. The van der Waals surface area contributed by atoms with Crippen molar-refractivity contribution in [1.82, 2.24) is 10.3 Å². The van der Waals surface area contributed by atoms with Gasteiger partial charge in [-0.25, -0.2) is 4.98 Å². The molecular weight excluding hydrogens is 573 g/mol. The molecule has 0 bridgehead atoms. The second-order valence-electron chi connectivity index (χ2n) is 10.1. The molecule has 9 nitrogen and oxygen atoms in total. The van der Waals surface area contributed by atoms with Crippen molar-refractivity contribution < 1.29 is 37.0 Å². The van der Waals surface area contributed by atoms with Gasteiger partial charge in [-0.15, -0.1) is 0 Å². The number of benzene rings is 2. The highest BCUT2D eigenvalue weighted by Gasteiger charge is 2.38. The highest BCUT2D eigenvalue weighted by Crippen LogP contribution is 2.41. The summed E-state index contributed by atoms with van der Waals surface area (Å²) in [5.74, 6) is -0.551. The molecule has 226 valence electrons. The van der Waals surface area contributed by atoms with Crippen LogP contribution in [0.3, 0.4) is 0 Å². The molecule has 1 aliphatic heterocycles. The van der Waals surface area contributed by atoms with E-state index in [-0.39, 0.29) is 28.9 Å². The topological polar surface area (TPSA) is 102 Å². The summed E-state index contributed by atoms with van der Waals surface area (Å²) in [6, 6.07) is 7.42. The number of methoxy groups -OCH3 is 3. The van der Waals surface area contributed by atoms with Gasteiger partial charge in [0.25, 0.3) is 11.8 Å². The van der Waals surface area contributed by atoms with Crippen molar-refractivity contribution >= 4 is 44.2 Å². The Morgan fingerprint density at radius 2 is 1.90 bits per heavy atom. The zero-order valence-electron chi connectivity index (χ0n) is 23.9. The fraction of sp³-hybridized carbons (Fsp3) is 0.414. The Hall–Kier alpha value is -3.84. The van der Waals surface area contributed by atoms with Crippen LogP contribution in [0.4, 0.5) is 24.0 Å². The molecule has 3 unspecified atom stereocenters. The first-order valence-corrected chi connectivity index (χ1v) is 14.0. The van der Waals surface area contributed by atoms with Gasteiger partial charge in [0.05, 0.1) is 48.3 Å². The minimum Gasteiger partial charge on any atom is -0.497 e. The molecule has 3 atom stereocenters. The number of carbonyl (C=O) groups is 2. The molecule has 1 saturated heterocycles. The highest BCUT2D eigenvalue weighted by atomic mass is 32.1. The Morgan fingerprint density at radius 1 is 1.17 bits per heavy atom. The van der Waals surface area contributed by atoms with Gasteiger partial charge in [0, 0.05) is 30.8 Å². The molecule has 3 aromatic rings. The number of anilines is 2. The average molecular weight is 607 g/mol. The molecule has 42 heavy (non-hydrogen) atoms. The first kappa shape index (κ1) is 31.1. The summed E-state index contributed by atoms with van der Waals surface area (Å²) in [5.41, 5.74) is 0.0437. The molecule has 0 spiro atoms. The Bertz CT molecular complexity index is 1490. The van der Waals surface area contributed by atoms with Crippen molar-refractivity contribution in [2.45, 2.75) is 51.0 Å². The minimum absolute atomic E-state index is 0.0431. The quantitative estimate of drug-likeness (QED) is 0.266. The Kier molecular flexibility index (Phi) is 9.31. The Morgan fingerprint density at radius 3 is 2.52 bits per heavy atom. The van der Waals surface area contributed by atoms with Crippen LogP contribution in [0, 0.1) is 0 Å². The van der Waals surface area contributed by atoms with E-state index < -0.39 is 36.0 Å². The number of alkyl halides is 3. The fourth-order valence-electron chi connectivity index (χ4n) is 4.96. The summed E-state index contributed by atoms with van der Waals surface area (Å²) in [7, 11) is 4.54. The van der Waals surface area contributed by atoms with E-state index in [9.17, 15) is 22.8 Å². The number of hydrogen-bond acceptors (Lipinski definition) is 8. The molecular formula is C29H33F3N4O5S. The van der Waals surface area contributed by atoms with Gasteiger partial charge in [-0.1, -0.05) is 17.9 Å². The van der Waals surface area contributed by atoms with Crippen molar-refractivity contribution in [1.29, 1.82) is 0 Å². The maximum atomic E-state index is 13.8. The lowest BCUT2D eigenvalue weighted by Gasteiger charge is -2.46. The van der Waals surface area contributed by atoms with Crippen LogP contribution >= 0.6 is 11.3 Å². The van der Waals surface area contributed by atoms with E-state index in [4.69, 9.17) is 19.2 Å². The van der Waals surface area contributed by atoms with E-state index >= 15 is 0 Å². The first-order chi connectivity index (χ1) is 19.9. The SMILES string of the molecule is C=C(CC(C)NC(=O)c1ccc(OC)cc1NC(=O)c1c(OC)ccc2nc(N3C(C)CC3COC)sc12)C(F)(F)F. The van der Waals surface area contributed by atoms with Gasteiger partial charge in [-0.2, -0.15) is 13.2 Å². The van der Waals surface area contributed by atoms with Crippen LogP contribution in [-0.4, -0.2) is 69.0 Å². The Labute approximate surface area is 245 Å². The molecule has 0 radical (unpaired) electrons. The van der Waals surface area contributed by atoms with Gasteiger partial charge in [0.15, 0.2) is 5.13 Å². The number of hydrogen-bond donors (Lipinski definition) is 2. The lowest BCUT2D eigenvalue weighted by atomic mass is 9.96. The molecule has 1 fully saturated rings. The number of aromatic nitrogens is 1. The summed E-state index contributed by atoms with van der Waals surface area (Å²) >= 11 is 1.36.